The number of anilines is 1. The number of carbonyl (C=O) groups is 1. The number of ether oxygens (including phenoxy) is 1. The summed E-state index contributed by atoms with van der Waals surface area (Å²) in [5.74, 6) is -0.210. The number of carbonyl (C=O) groups excluding carboxylic acids is 1. The maximum atomic E-state index is 12.7. The monoisotopic (exact) mass is 408 g/mol. The third-order valence-corrected chi connectivity index (χ3v) is 5.51. The molecule has 4 rings (SSSR count). The van der Waals surface area contributed by atoms with Gasteiger partial charge >= 0.3 is 5.69 Å². The maximum absolute atomic E-state index is 12.7. The van der Waals surface area contributed by atoms with Crippen LogP contribution in [0.15, 0.2) is 54.6 Å². The molecule has 0 aliphatic rings. The third kappa shape index (κ3) is 3.43. The molecule has 2 heterocycles. The van der Waals surface area contributed by atoms with Crippen LogP contribution in [0, 0.1) is 17.0 Å². The van der Waals surface area contributed by atoms with Gasteiger partial charge in [-0.15, -0.1) is 11.3 Å². The van der Waals surface area contributed by atoms with Crippen molar-refractivity contribution in [1.82, 2.24) is 9.78 Å². The van der Waals surface area contributed by atoms with Gasteiger partial charge in [-0.2, -0.15) is 5.10 Å². The van der Waals surface area contributed by atoms with Crippen LogP contribution in [0.25, 0.3) is 15.9 Å². The number of hydrogen-bond acceptors (Lipinski definition) is 6. The molecular weight excluding hydrogens is 392 g/mol. The molecule has 9 heteroatoms. The lowest BCUT2D eigenvalue weighted by molar-refractivity contribution is -0.385. The van der Waals surface area contributed by atoms with Crippen LogP contribution in [0.2, 0.25) is 0 Å². The lowest BCUT2D eigenvalue weighted by Crippen LogP contribution is -2.10. The zero-order valence-corrected chi connectivity index (χ0v) is 16.4. The summed E-state index contributed by atoms with van der Waals surface area (Å²) in [7, 11) is 1.36. The van der Waals surface area contributed by atoms with Crippen molar-refractivity contribution in [3.63, 3.8) is 0 Å². The smallest absolute Gasteiger partial charge is 0.312 e. The highest BCUT2D eigenvalue weighted by Gasteiger charge is 2.19. The summed E-state index contributed by atoms with van der Waals surface area (Å²) >= 11 is 1.31. The van der Waals surface area contributed by atoms with Gasteiger partial charge in [-0.3, -0.25) is 14.9 Å². The lowest BCUT2D eigenvalue weighted by Gasteiger charge is -2.06. The van der Waals surface area contributed by atoms with Crippen LogP contribution >= 0.6 is 11.3 Å². The predicted molar refractivity (Wildman–Crippen MR) is 111 cm³/mol. The Kier molecular flexibility index (Phi) is 4.73. The van der Waals surface area contributed by atoms with Crippen LogP contribution in [-0.2, 0) is 0 Å². The number of rotatable bonds is 5. The fourth-order valence-corrected chi connectivity index (χ4v) is 4.08. The van der Waals surface area contributed by atoms with Crippen molar-refractivity contribution in [2.24, 2.45) is 0 Å². The second-order valence-corrected chi connectivity index (χ2v) is 7.29. The van der Waals surface area contributed by atoms with Gasteiger partial charge in [-0.05, 0) is 37.3 Å². The summed E-state index contributed by atoms with van der Waals surface area (Å²) in [6, 6.07) is 15.8. The van der Waals surface area contributed by atoms with Crippen molar-refractivity contribution in [2.45, 2.75) is 6.92 Å². The van der Waals surface area contributed by atoms with Crippen molar-refractivity contribution < 1.29 is 14.5 Å². The minimum atomic E-state index is -0.550. The predicted octanol–water partition coefficient (Wildman–Crippen LogP) is 4.56. The minimum absolute atomic E-state index is 0.133. The molecule has 0 aliphatic carbocycles. The largest absolute Gasteiger partial charge is 0.490 e. The van der Waals surface area contributed by atoms with E-state index in [4.69, 9.17) is 4.74 Å². The quantitative estimate of drug-likeness (QED) is 0.385. The number of aromatic nitrogens is 2. The third-order valence-electron chi connectivity index (χ3n) is 4.40. The fraction of sp³-hybridized carbons (Fsp3) is 0.100. The standard InChI is InChI=1S/C20H16N4O4S/c1-12-15-11-18(29-20(15)23(22-12)14-6-4-3-5-7-14)19(25)21-13-8-9-17(28-2)16(10-13)24(26)27/h3-11H,1-2H3,(H,21,25). The first-order valence-electron chi connectivity index (χ1n) is 8.66. The molecule has 0 saturated carbocycles. The van der Waals surface area contributed by atoms with Crippen LogP contribution in [-0.4, -0.2) is 27.7 Å². The van der Waals surface area contributed by atoms with E-state index >= 15 is 0 Å². The molecule has 2 aromatic carbocycles. The Labute approximate surface area is 169 Å². The molecule has 0 bridgehead atoms. The highest BCUT2D eigenvalue weighted by Crippen LogP contribution is 2.32. The highest BCUT2D eigenvalue weighted by atomic mass is 32.1. The first kappa shape index (κ1) is 18.6. The number of hydrogen-bond donors (Lipinski definition) is 1. The van der Waals surface area contributed by atoms with Gasteiger partial charge in [0, 0.05) is 17.1 Å². The van der Waals surface area contributed by atoms with Gasteiger partial charge in [0.05, 0.1) is 28.3 Å². The maximum Gasteiger partial charge on any atom is 0.312 e. The van der Waals surface area contributed by atoms with Gasteiger partial charge in [0.2, 0.25) is 0 Å². The number of fused-ring (bicyclic) bond motifs is 1. The molecule has 29 heavy (non-hydrogen) atoms. The summed E-state index contributed by atoms with van der Waals surface area (Å²) in [5, 5.41) is 19.4. The van der Waals surface area contributed by atoms with E-state index in [0.717, 1.165) is 21.6 Å². The van der Waals surface area contributed by atoms with Gasteiger partial charge < -0.3 is 10.1 Å². The van der Waals surface area contributed by atoms with Crippen molar-refractivity contribution in [2.75, 3.05) is 12.4 Å². The molecule has 1 amide bonds. The molecule has 4 aromatic rings. The molecule has 0 radical (unpaired) electrons. The summed E-state index contributed by atoms with van der Waals surface area (Å²) in [4.78, 5) is 24.7. The van der Waals surface area contributed by atoms with E-state index in [-0.39, 0.29) is 17.3 Å². The van der Waals surface area contributed by atoms with E-state index in [1.807, 2.05) is 41.9 Å². The molecule has 0 aliphatic heterocycles. The molecule has 146 valence electrons. The average molecular weight is 408 g/mol. The van der Waals surface area contributed by atoms with Crippen molar-refractivity contribution in [1.29, 1.82) is 0 Å². The summed E-state index contributed by atoms with van der Waals surface area (Å²) in [6.45, 7) is 1.89. The van der Waals surface area contributed by atoms with E-state index in [0.29, 0.717) is 10.6 Å². The Hall–Kier alpha value is -3.72. The first-order chi connectivity index (χ1) is 14.0. The number of thiophene rings is 1. The van der Waals surface area contributed by atoms with Crippen molar-refractivity contribution >= 4 is 38.8 Å². The number of para-hydroxylation sites is 1. The SMILES string of the molecule is COc1ccc(NC(=O)c2cc3c(C)nn(-c4ccccc4)c3s2)cc1[N+](=O)[O-]. The van der Waals surface area contributed by atoms with Crippen LogP contribution in [0.3, 0.4) is 0 Å². The number of nitrogens with zero attached hydrogens (tertiary/aromatic N) is 3. The summed E-state index contributed by atoms with van der Waals surface area (Å²) in [5.41, 5.74) is 1.84. The lowest BCUT2D eigenvalue weighted by atomic mass is 10.2. The van der Waals surface area contributed by atoms with Crippen molar-refractivity contribution in [3.05, 3.63) is 75.3 Å². The molecule has 0 atom stereocenters. The Balaban J connectivity index is 1.66. The number of nitro benzene ring substituents is 1. The molecule has 0 spiro atoms. The molecular formula is C20H16N4O4S. The van der Waals surface area contributed by atoms with E-state index in [1.165, 1.54) is 30.6 Å². The van der Waals surface area contributed by atoms with E-state index in [2.05, 4.69) is 10.4 Å². The van der Waals surface area contributed by atoms with Gasteiger partial charge in [0.15, 0.2) is 5.75 Å². The molecule has 0 unspecified atom stereocenters. The van der Waals surface area contributed by atoms with E-state index < -0.39 is 4.92 Å². The second kappa shape index (κ2) is 7.36. The molecule has 0 fully saturated rings. The van der Waals surface area contributed by atoms with Crippen LogP contribution in [0.5, 0.6) is 5.75 Å². The molecule has 1 N–H and O–H groups in total. The van der Waals surface area contributed by atoms with Gasteiger partial charge in [0.1, 0.15) is 4.83 Å². The number of nitro groups is 1. The normalized spacial score (nSPS) is 10.8. The minimum Gasteiger partial charge on any atom is -0.490 e. The Morgan fingerprint density at radius 2 is 1.97 bits per heavy atom. The first-order valence-corrected chi connectivity index (χ1v) is 9.48. The van der Waals surface area contributed by atoms with Crippen molar-refractivity contribution in [3.8, 4) is 11.4 Å². The molecule has 2 aromatic heterocycles. The highest BCUT2D eigenvalue weighted by molar-refractivity contribution is 7.20. The second-order valence-electron chi connectivity index (χ2n) is 6.26. The number of methoxy groups -OCH3 is 1. The number of nitrogens with one attached hydrogen (secondary N) is 1. The summed E-state index contributed by atoms with van der Waals surface area (Å²) in [6.07, 6.45) is 0. The van der Waals surface area contributed by atoms with Gasteiger partial charge in [-0.1, -0.05) is 18.2 Å². The number of amides is 1. The number of benzene rings is 2. The zero-order valence-electron chi connectivity index (χ0n) is 15.6. The number of aryl methyl sites for hydroxylation is 1. The van der Waals surface area contributed by atoms with Gasteiger partial charge in [-0.25, -0.2) is 4.68 Å². The fourth-order valence-electron chi connectivity index (χ4n) is 3.01. The van der Waals surface area contributed by atoms with Crippen LogP contribution < -0.4 is 10.1 Å². The van der Waals surface area contributed by atoms with E-state index in [9.17, 15) is 14.9 Å². The molecule has 8 nitrogen and oxygen atoms in total. The van der Waals surface area contributed by atoms with Crippen LogP contribution in [0.1, 0.15) is 15.4 Å². The topological polar surface area (TPSA) is 99.3 Å². The van der Waals surface area contributed by atoms with Gasteiger partial charge in [0.25, 0.3) is 5.91 Å². The Morgan fingerprint density at radius 3 is 2.66 bits per heavy atom. The van der Waals surface area contributed by atoms with Crippen LogP contribution in [0.4, 0.5) is 11.4 Å². The Morgan fingerprint density at radius 1 is 1.21 bits per heavy atom. The summed E-state index contributed by atoms with van der Waals surface area (Å²) < 4.78 is 6.80. The Bertz CT molecular complexity index is 1230. The zero-order chi connectivity index (χ0) is 20.5. The molecule has 0 saturated heterocycles. The van der Waals surface area contributed by atoms with E-state index in [1.54, 1.807) is 12.1 Å². The average Bonchev–Trinajstić information content (AvgIpc) is 3.29.